The van der Waals surface area contributed by atoms with Gasteiger partial charge in [-0.3, -0.25) is 4.79 Å². The van der Waals surface area contributed by atoms with Crippen LogP contribution in [0.2, 0.25) is 0 Å². The number of benzene rings is 2. The summed E-state index contributed by atoms with van der Waals surface area (Å²) in [7, 11) is 0. The number of anilines is 1. The average Bonchev–Trinajstić information content (AvgIpc) is 2.54. The first-order chi connectivity index (χ1) is 10.2. The van der Waals surface area contributed by atoms with Crippen LogP contribution in [0, 0.1) is 0 Å². The highest BCUT2D eigenvalue weighted by Crippen LogP contribution is 2.17. The number of amides is 1. The second-order valence-corrected chi connectivity index (χ2v) is 5.44. The van der Waals surface area contributed by atoms with Gasteiger partial charge in [-0.15, -0.1) is 11.8 Å². The van der Waals surface area contributed by atoms with E-state index < -0.39 is 0 Å². The van der Waals surface area contributed by atoms with E-state index in [1.807, 2.05) is 54.8 Å². The highest BCUT2D eigenvalue weighted by molar-refractivity contribution is 7.98. The Balaban J connectivity index is 1.83. The standard InChI is InChI=1S/C17H19NO2S/c1-3-13-4-8-15(9-5-13)20-12-17(19)18-14-6-10-16(21-2)11-7-14/h4-11H,3,12H2,1-2H3,(H,18,19). The zero-order chi connectivity index (χ0) is 15.1. The van der Waals surface area contributed by atoms with E-state index in [1.165, 1.54) is 10.5 Å². The predicted molar refractivity (Wildman–Crippen MR) is 88.2 cm³/mol. The van der Waals surface area contributed by atoms with Crippen molar-refractivity contribution in [3.05, 3.63) is 54.1 Å². The number of hydrogen-bond acceptors (Lipinski definition) is 3. The molecule has 2 aromatic rings. The lowest BCUT2D eigenvalue weighted by molar-refractivity contribution is -0.118. The van der Waals surface area contributed by atoms with E-state index in [0.29, 0.717) is 5.75 Å². The molecular weight excluding hydrogens is 282 g/mol. The zero-order valence-corrected chi connectivity index (χ0v) is 13.1. The molecule has 0 radical (unpaired) electrons. The number of ether oxygens (including phenoxy) is 1. The van der Waals surface area contributed by atoms with Crippen molar-refractivity contribution in [2.24, 2.45) is 0 Å². The molecule has 2 rings (SSSR count). The Kier molecular flexibility index (Phi) is 5.69. The van der Waals surface area contributed by atoms with Crippen LogP contribution in [-0.4, -0.2) is 18.8 Å². The highest BCUT2D eigenvalue weighted by Gasteiger charge is 2.04. The van der Waals surface area contributed by atoms with Gasteiger partial charge in [0.2, 0.25) is 0 Å². The first-order valence-corrected chi connectivity index (χ1v) is 8.09. The van der Waals surface area contributed by atoms with Crippen LogP contribution < -0.4 is 10.1 Å². The minimum Gasteiger partial charge on any atom is -0.484 e. The van der Waals surface area contributed by atoms with Gasteiger partial charge in [0, 0.05) is 10.6 Å². The molecule has 1 N–H and O–H groups in total. The normalized spacial score (nSPS) is 10.2. The molecule has 0 atom stereocenters. The number of nitrogens with one attached hydrogen (secondary N) is 1. The molecule has 0 unspecified atom stereocenters. The lowest BCUT2D eigenvalue weighted by atomic mass is 10.2. The van der Waals surface area contributed by atoms with Crippen LogP contribution in [0.5, 0.6) is 5.75 Å². The minimum absolute atomic E-state index is 0.00967. The number of carbonyl (C=O) groups excluding carboxylic acids is 1. The van der Waals surface area contributed by atoms with Crippen molar-refractivity contribution >= 4 is 23.4 Å². The van der Waals surface area contributed by atoms with E-state index in [-0.39, 0.29) is 12.5 Å². The molecule has 0 aliphatic carbocycles. The number of rotatable bonds is 6. The second-order valence-electron chi connectivity index (χ2n) is 4.56. The fraction of sp³-hybridized carbons (Fsp3) is 0.235. The van der Waals surface area contributed by atoms with Crippen molar-refractivity contribution in [1.29, 1.82) is 0 Å². The van der Waals surface area contributed by atoms with Crippen molar-refractivity contribution < 1.29 is 9.53 Å². The third-order valence-electron chi connectivity index (χ3n) is 3.08. The summed E-state index contributed by atoms with van der Waals surface area (Å²) in [5, 5.41) is 2.81. The fourth-order valence-electron chi connectivity index (χ4n) is 1.84. The average molecular weight is 301 g/mol. The molecule has 0 saturated heterocycles. The van der Waals surface area contributed by atoms with Gasteiger partial charge in [0.05, 0.1) is 0 Å². The molecule has 0 spiro atoms. The van der Waals surface area contributed by atoms with Crippen LogP contribution in [-0.2, 0) is 11.2 Å². The first kappa shape index (κ1) is 15.4. The molecule has 0 aliphatic rings. The van der Waals surface area contributed by atoms with Gasteiger partial charge in [-0.1, -0.05) is 19.1 Å². The molecule has 0 fully saturated rings. The number of hydrogen-bond donors (Lipinski definition) is 1. The smallest absolute Gasteiger partial charge is 0.262 e. The van der Waals surface area contributed by atoms with Crippen LogP contribution in [0.4, 0.5) is 5.69 Å². The Morgan fingerprint density at radius 2 is 1.76 bits per heavy atom. The lowest BCUT2D eigenvalue weighted by Gasteiger charge is -2.08. The highest BCUT2D eigenvalue weighted by atomic mass is 32.2. The van der Waals surface area contributed by atoms with E-state index in [9.17, 15) is 4.79 Å². The third kappa shape index (κ3) is 4.83. The predicted octanol–water partition coefficient (Wildman–Crippen LogP) is 3.99. The molecule has 3 nitrogen and oxygen atoms in total. The molecule has 0 saturated carbocycles. The maximum atomic E-state index is 11.8. The van der Waals surface area contributed by atoms with Gasteiger partial charge in [0.1, 0.15) is 5.75 Å². The molecule has 0 aliphatic heterocycles. The van der Waals surface area contributed by atoms with Gasteiger partial charge in [0.15, 0.2) is 6.61 Å². The van der Waals surface area contributed by atoms with Crippen LogP contribution in [0.3, 0.4) is 0 Å². The molecule has 21 heavy (non-hydrogen) atoms. The van der Waals surface area contributed by atoms with Gasteiger partial charge in [-0.2, -0.15) is 0 Å². The summed E-state index contributed by atoms with van der Waals surface area (Å²) in [6.07, 6.45) is 3.01. The van der Waals surface area contributed by atoms with Crippen LogP contribution in [0.1, 0.15) is 12.5 Å². The molecule has 0 heterocycles. The zero-order valence-electron chi connectivity index (χ0n) is 12.3. The molecule has 1 amide bonds. The van der Waals surface area contributed by atoms with Gasteiger partial charge in [0.25, 0.3) is 5.91 Å². The van der Waals surface area contributed by atoms with Crippen molar-refractivity contribution in [2.45, 2.75) is 18.2 Å². The molecule has 4 heteroatoms. The van der Waals surface area contributed by atoms with E-state index >= 15 is 0 Å². The van der Waals surface area contributed by atoms with E-state index in [0.717, 1.165) is 12.1 Å². The number of aryl methyl sites for hydroxylation is 1. The molecule has 110 valence electrons. The minimum atomic E-state index is -0.161. The largest absolute Gasteiger partial charge is 0.484 e. The summed E-state index contributed by atoms with van der Waals surface area (Å²) in [5.41, 5.74) is 2.03. The van der Waals surface area contributed by atoms with Crippen molar-refractivity contribution in [3.8, 4) is 5.75 Å². The van der Waals surface area contributed by atoms with Crippen LogP contribution in [0.25, 0.3) is 0 Å². The molecule has 0 bridgehead atoms. The molecular formula is C17H19NO2S. The maximum Gasteiger partial charge on any atom is 0.262 e. The Hall–Kier alpha value is -1.94. The van der Waals surface area contributed by atoms with Crippen molar-refractivity contribution in [3.63, 3.8) is 0 Å². The fourth-order valence-corrected chi connectivity index (χ4v) is 2.25. The Labute approximate surface area is 129 Å². The van der Waals surface area contributed by atoms with E-state index in [2.05, 4.69) is 12.2 Å². The summed E-state index contributed by atoms with van der Waals surface area (Å²) in [5.74, 6) is 0.548. The van der Waals surface area contributed by atoms with Crippen molar-refractivity contribution in [2.75, 3.05) is 18.2 Å². The monoisotopic (exact) mass is 301 g/mol. The van der Waals surface area contributed by atoms with Gasteiger partial charge >= 0.3 is 0 Å². The summed E-state index contributed by atoms with van der Waals surface area (Å²) in [4.78, 5) is 13.0. The molecule has 2 aromatic carbocycles. The Morgan fingerprint density at radius 1 is 1.10 bits per heavy atom. The summed E-state index contributed by atoms with van der Waals surface area (Å²) in [6.45, 7) is 2.11. The quantitative estimate of drug-likeness (QED) is 0.820. The number of thioether (sulfide) groups is 1. The topological polar surface area (TPSA) is 38.3 Å². The summed E-state index contributed by atoms with van der Waals surface area (Å²) in [6, 6.07) is 15.5. The Morgan fingerprint density at radius 3 is 2.33 bits per heavy atom. The molecule has 0 aromatic heterocycles. The SMILES string of the molecule is CCc1ccc(OCC(=O)Nc2ccc(SC)cc2)cc1. The summed E-state index contributed by atoms with van der Waals surface area (Å²) >= 11 is 1.67. The van der Waals surface area contributed by atoms with Crippen LogP contribution >= 0.6 is 11.8 Å². The third-order valence-corrected chi connectivity index (χ3v) is 3.82. The maximum absolute atomic E-state index is 11.8. The van der Waals surface area contributed by atoms with Gasteiger partial charge < -0.3 is 10.1 Å². The number of carbonyl (C=O) groups is 1. The first-order valence-electron chi connectivity index (χ1n) is 6.87. The lowest BCUT2D eigenvalue weighted by Crippen LogP contribution is -2.20. The van der Waals surface area contributed by atoms with E-state index in [1.54, 1.807) is 11.8 Å². The van der Waals surface area contributed by atoms with Gasteiger partial charge in [-0.05, 0) is 54.6 Å². The van der Waals surface area contributed by atoms with Gasteiger partial charge in [-0.25, -0.2) is 0 Å². The second kappa shape index (κ2) is 7.74. The van der Waals surface area contributed by atoms with Crippen molar-refractivity contribution in [1.82, 2.24) is 0 Å². The summed E-state index contributed by atoms with van der Waals surface area (Å²) < 4.78 is 5.47. The van der Waals surface area contributed by atoms with E-state index in [4.69, 9.17) is 4.74 Å². The Bertz CT molecular complexity index is 579. The van der Waals surface area contributed by atoms with Crippen LogP contribution in [0.15, 0.2) is 53.4 Å².